The van der Waals surface area contributed by atoms with Gasteiger partial charge < -0.3 is 9.47 Å². The van der Waals surface area contributed by atoms with Crippen molar-refractivity contribution >= 4 is 5.69 Å². The van der Waals surface area contributed by atoms with Crippen molar-refractivity contribution in [3.8, 4) is 17.6 Å². The summed E-state index contributed by atoms with van der Waals surface area (Å²) in [7, 11) is 1.60. The number of nitro groups is 1. The third-order valence-electron chi connectivity index (χ3n) is 2.73. The molecule has 0 spiro atoms. The summed E-state index contributed by atoms with van der Waals surface area (Å²) in [4.78, 5) is 10.2. The van der Waals surface area contributed by atoms with Crippen molar-refractivity contribution in [3.05, 3.63) is 63.7 Å². The molecule has 21 heavy (non-hydrogen) atoms. The van der Waals surface area contributed by atoms with E-state index in [0.29, 0.717) is 18.1 Å². The van der Waals surface area contributed by atoms with E-state index < -0.39 is 4.92 Å². The van der Waals surface area contributed by atoms with Crippen LogP contribution in [0.1, 0.15) is 11.1 Å². The van der Waals surface area contributed by atoms with Crippen LogP contribution in [-0.2, 0) is 11.3 Å². The zero-order chi connectivity index (χ0) is 15.2. The molecular weight excluding hydrogens is 272 g/mol. The number of rotatable bonds is 5. The summed E-state index contributed by atoms with van der Waals surface area (Å²) in [5.41, 5.74) is 0.668. The number of ether oxygens (including phenoxy) is 2. The van der Waals surface area contributed by atoms with Gasteiger partial charge in [-0.15, -0.1) is 0 Å². The van der Waals surface area contributed by atoms with E-state index in [0.717, 1.165) is 5.56 Å². The lowest BCUT2D eigenvalue weighted by molar-refractivity contribution is -0.385. The molecule has 0 N–H and O–H groups in total. The lowest BCUT2D eigenvalue weighted by Gasteiger charge is -2.07. The number of methoxy groups -OCH3 is 1. The predicted molar refractivity (Wildman–Crippen MR) is 75.0 cm³/mol. The SMILES string of the molecule is COCc1cccc(Oc2ccc([N+](=O)[O-])c(C#N)c2)c1. The van der Waals surface area contributed by atoms with Gasteiger partial charge in [-0.1, -0.05) is 12.1 Å². The highest BCUT2D eigenvalue weighted by atomic mass is 16.6. The van der Waals surface area contributed by atoms with E-state index in [1.165, 1.54) is 18.2 Å². The van der Waals surface area contributed by atoms with Crippen molar-refractivity contribution in [1.82, 2.24) is 0 Å². The first-order valence-electron chi connectivity index (χ1n) is 6.08. The normalized spacial score (nSPS) is 9.90. The molecule has 6 heteroatoms. The highest BCUT2D eigenvalue weighted by molar-refractivity contribution is 5.52. The quantitative estimate of drug-likeness (QED) is 0.620. The van der Waals surface area contributed by atoms with Crippen LogP contribution in [0.5, 0.6) is 11.5 Å². The van der Waals surface area contributed by atoms with Crippen LogP contribution in [0, 0.1) is 21.4 Å². The van der Waals surface area contributed by atoms with E-state index in [4.69, 9.17) is 14.7 Å². The molecule has 0 aliphatic heterocycles. The first-order valence-corrected chi connectivity index (χ1v) is 6.08. The summed E-state index contributed by atoms with van der Waals surface area (Å²) in [5.74, 6) is 0.939. The van der Waals surface area contributed by atoms with Crippen molar-refractivity contribution < 1.29 is 14.4 Å². The standard InChI is InChI=1S/C15H12N2O4/c1-20-10-11-3-2-4-13(7-11)21-14-5-6-15(17(18)19)12(8-14)9-16/h2-8H,10H2,1H3. The Labute approximate surface area is 121 Å². The molecule has 0 unspecified atom stereocenters. The molecule has 0 saturated carbocycles. The third kappa shape index (κ3) is 3.55. The molecule has 0 bridgehead atoms. The zero-order valence-corrected chi connectivity index (χ0v) is 11.3. The van der Waals surface area contributed by atoms with Gasteiger partial charge in [-0.2, -0.15) is 5.26 Å². The maximum absolute atomic E-state index is 10.8. The maximum atomic E-state index is 10.8. The molecule has 0 heterocycles. The first-order chi connectivity index (χ1) is 10.1. The summed E-state index contributed by atoms with van der Waals surface area (Å²) < 4.78 is 10.7. The average Bonchev–Trinajstić information content (AvgIpc) is 2.47. The van der Waals surface area contributed by atoms with E-state index in [-0.39, 0.29) is 11.3 Å². The molecule has 2 rings (SSSR count). The van der Waals surface area contributed by atoms with Gasteiger partial charge >= 0.3 is 0 Å². The van der Waals surface area contributed by atoms with Crippen LogP contribution in [0.4, 0.5) is 5.69 Å². The van der Waals surface area contributed by atoms with Crippen LogP contribution in [0.3, 0.4) is 0 Å². The Bertz CT molecular complexity index is 707. The predicted octanol–water partition coefficient (Wildman–Crippen LogP) is 3.41. The van der Waals surface area contributed by atoms with Gasteiger partial charge in [-0.25, -0.2) is 0 Å². The minimum absolute atomic E-state index is 0.0365. The molecule has 6 nitrogen and oxygen atoms in total. The molecule has 0 aliphatic rings. The second kappa shape index (κ2) is 6.50. The van der Waals surface area contributed by atoms with Crippen molar-refractivity contribution in [1.29, 1.82) is 5.26 Å². The number of hydrogen-bond donors (Lipinski definition) is 0. The fourth-order valence-electron chi connectivity index (χ4n) is 1.83. The van der Waals surface area contributed by atoms with Gasteiger partial charge in [0.25, 0.3) is 5.69 Å². The van der Waals surface area contributed by atoms with Crippen molar-refractivity contribution in [2.24, 2.45) is 0 Å². The smallest absolute Gasteiger partial charge is 0.287 e. The number of nitriles is 1. The zero-order valence-electron chi connectivity index (χ0n) is 11.3. The number of nitrogens with zero attached hydrogens (tertiary/aromatic N) is 2. The summed E-state index contributed by atoms with van der Waals surface area (Å²) in [6, 6.07) is 13.1. The largest absolute Gasteiger partial charge is 0.457 e. The van der Waals surface area contributed by atoms with Crippen molar-refractivity contribution in [3.63, 3.8) is 0 Å². The lowest BCUT2D eigenvalue weighted by Crippen LogP contribution is -1.94. The van der Waals surface area contributed by atoms with Crippen molar-refractivity contribution in [2.75, 3.05) is 7.11 Å². The van der Waals surface area contributed by atoms with E-state index >= 15 is 0 Å². The molecule has 0 amide bonds. The Morgan fingerprint density at radius 1 is 1.24 bits per heavy atom. The van der Waals surface area contributed by atoms with Gasteiger partial charge in [-0.3, -0.25) is 10.1 Å². The van der Waals surface area contributed by atoms with Crippen LogP contribution in [-0.4, -0.2) is 12.0 Å². The van der Waals surface area contributed by atoms with Crippen LogP contribution in [0.2, 0.25) is 0 Å². The monoisotopic (exact) mass is 284 g/mol. The Morgan fingerprint density at radius 3 is 2.67 bits per heavy atom. The van der Waals surface area contributed by atoms with Gasteiger partial charge in [0, 0.05) is 19.2 Å². The lowest BCUT2D eigenvalue weighted by atomic mass is 10.2. The number of nitro benzene ring substituents is 1. The molecular formula is C15H12N2O4. The molecule has 106 valence electrons. The summed E-state index contributed by atoms with van der Waals surface area (Å²) >= 11 is 0. The Morgan fingerprint density at radius 2 is 2.00 bits per heavy atom. The van der Waals surface area contributed by atoms with E-state index in [2.05, 4.69) is 0 Å². The molecule has 0 atom stereocenters. The average molecular weight is 284 g/mol. The molecule has 0 saturated heterocycles. The third-order valence-corrected chi connectivity index (χ3v) is 2.73. The molecule has 0 fully saturated rings. The summed E-state index contributed by atoms with van der Waals surface area (Å²) in [5, 5.41) is 19.7. The fraction of sp³-hybridized carbons (Fsp3) is 0.133. The fourth-order valence-corrected chi connectivity index (χ4v) is 1.83. The summed E-state index contributed by atoms with van der Waals surface area (Å²) in [6.07, 6.45) is 0. The second-order valence-electron chi connectivity index (χ2n) is 4.23. The van der Waals surface area contributed by atoms with Crippen LogP contribution < -0.4 is 4.74 Å². The Hall–Kier alpha value is -2.91. The van der Waals surface area contributed by atoms with Crippen molar-refractivity contribution in [2.45, 2.75) is 6.61 Å². The Balaban J connectivity index is 2.26. The topological polar surface area (TPSA) is 85.4 Å². The van der Waals surface area contributed by atoms with E-state index in [1.54, 1.807) is 25.3 Å². The molecule has 0 radical (unpaired) electrons. The maximum Gasteiger partial charge on any atom is 0.287 e. The van der Waals surface area contributed by atoms with E-state index in [9.17, 15) is 10.1 Å². The van der Waals surface area contributed by atoms with Gasteiger partial charge in [0.2, 0.25) is 0 Å². The second-order valence-corrected chi connectivity index (χ2v) is 4.23. The van der Waals surface area contributed by atoms with Gasteiger partial charge in [0.15, 0.2) is 0 Å². The molecule has 0 aliphatic carbocycles. The van der Waals surface area contributed by atoms with Gasteiger partial charge in [0.05, 0.1) is 11.5 Å². The van der Waals surface area contributed by atoms with Gasteiger partial charge in [0.1, 0.15) is 23.1 Å². The Kier molecular flexibility index (Phi) is 4.49. The first kappa shape index (κ1) is 14.5. The van der Waals surface area contributed by atoms with Crippen LogP contribution in [0.15, 0.2) is 42.5 Å². The van der Waals surface area contributed by atoms with E-state index in [1.807, 2.05) is 12.1 Å². The summed E-state index contributed by atoms with van der Waals surface area (Å²) in [6.45, 7) is 0.459. The molecule has 2 aromatic carbocycles. The number of benzene rings is 2. The molecule has 0 aromatic heterocycles. The van der Waals surface area contributed by atoms with Gasteiger partial charge in [-0.05, 0) is 23.8 Å². The highest BCUT2D eigenvalue weighted by Gasteiger charge is 2.14. The highest BCUT2D eigenvalue weighted by Crippen LogP contribution is 2.27. The minimum Gasteiger partial charge on any atom is -0.457 e. The minimum atomic E-state index is -0.596. The van der Waals surface area contributed by atoms with Crippen LogP contribution >= 0.6 is 0 Å². The molecule has 2 aromatic rings. The number of hydrogen-bond acceptors (Lipinski definition) is 5. The van der Waals surface area contributed by atoms with Crippen LogP contribution in [0.25, 0.3) is 0 Å².